The molecule has 414 valence electrons. The third-order valence-electron chi connectivity index (χ3n) is 13.8. The fourth-order valence-corrected chi connectivity index (χ4v) is 9.51. The van der Waals surface area contributed by atoms with Crippen LogP contribution in [0.25, 0.3) is 17.2 Å². The van der Waals surface area contributed by atoms with Crippen molar-refractivity contribution in [1.29, 1.82) is 0 Å². The Morgan fingerprint density at radius 2 is 1.57 bits per heavy atom. The number of aliphatic hydroxyl groups is 1. The highest BCUT2D eigenvalue weighted by Gasteiger charge is 2.28. The summed E-state index contributed by atoms with van der Waals surface area (Å²) in [6.07, 6.45) is 16.4. The van der Waals surface area contributed by atoms with E-state index in [0.717, 1.165) is 76.6 Å². The van der Waals surface area contributed by atoms with E-state index in [1.165, 1.54) is 81.6 Å². The highest BCUT2D eigenvalue weighted by Crippen LogP contribution is 2.34. The van der Waals surface area contributed by atoms with Crippen LogP contribution < -0.4 is 16.0 Å². The first-order chi connectivity index (χ1) is 36.0. The number of hydrogen-bond acceptors (Lipinski definition) is 9. The number of rotatable bonds is 21. The lowest BCUT2D eigenvalue weighted by molar-refractivity contribution is -0.121. The molecular weight excluding hydrogens is 934 g/mol. The molecule has 11 heteroatoms. The average Bonchev–Trinajstić information content (AvgIpc) is 3.85. The average molecular weight is 1030 g/mol. The van der Waals surface area contributed by atoms with Crippen LogP contribution in [0.4, 0.5) is 15.8 Å². The van der Waals surface area contributed by atoms with Crippen LogP contribution in [0, 0.1) is 32.5 Å². The number of hydrogen-bond donors (Lipinski definition) is 4. The second-order valence-corrected chi connectivity index (χ2v) is 19.7. The van der Waals surface area contributed by atoms with Crippen molar-refractivity contribution in [2.24, 2.45) is 5.92 Å². The van der Waals surface area contributed by atoms with Gasteiger partial charge in [0.1, 0.15) is 11.9 Å². The summed E-state index contributed by atoms with van der Waals surface area (Å²) in [6.45, 7) is 43.1. The smallest absolute Gasteiger partial charge is 0.242 e. The molecule has 0 saturated carbocycles. The predicted molar refractivity (Wildman–Crippen MR) is 318 cm³/mol. The van der Waals surface area contributed by atoms with Gasteiger partial charge in [-0.1, -0.05) is 129 Å². The van der Waals surface area contributed by atoms with Crippen molar-refractivity contribution in [3.05, 3.63) is 136 Å². The lowest BCUT2D eigenvalue weighted by Gasteiger charge is -2.26. The Hall–Kier alpha value is -5.49. The van der Waals surface area contributed by atoms with Crippen LogP contribution in [-0.2, 0) is 4.79 Å². The first kappa shape index (κ1) is 65.6. The van der Waals surface area contributed by atoms with Gasteiger partial charge in [0.2, 0.25) is 5.91 Å². The Balaban J connectivity index is 0.000000431. The predicted octanol–water partition coefficient (Wildman–Crippen LogP) is 14.9. The topological polar surface area (TPSA) is 123 Å². The van der Waals surface area contributed by atoms with E-state index in [0.29, 0.717) is 42.0 Å². The number of likely N-dealkylation sites (tertiary alicyclic amines) is 1. The molecule has 0 radical (unpaired) electrons. The summed E-state index contributed by atoms with van der Waals surface area (Å²) in [7, 11) is 0. The number of anilines is 2. The molecule has 2 fully saturated rings. The molecule has 2 aromatic heterocycles. The summed E-state index contributed by atoms with van der Waals surface area (Å²) in [5.74, 6) is 1.07. The van der Waals surface area contributed by atoms with Gasteiger partial charge in [-0.15, -0.1) is 0 Å². The molecule has 3 atom stereocenters. The molecule has 2 aliphatic rings. The number of nitrogens with zero attached hydrogens (tertiary/aromatic N) is 4. The van der Waals surface area contributed by atoms with Gasteiger partial charge >= 0.3 is 0 Å². The molecule has 75 heavy (non-hydrogen) atoms. The quantitative estimate of drug-likeness (QED) is 0.0477. The van der Waals surface area contributed by atoms with Crippen molar-refractivity contribution in [3.8, 4) is 11.1 Å². The molecule has 4 N–H and O–H groups in total. The van der Waals surface area contributed by atoms with Crippen LogP contribution in [-0.4, -0.2) is 94.5 Å². The molecule has 2 saturated heterocycles. The minimum atomic E-state index is -0.376. The maximum Gasteiger partial charge on any atom is 0.242 e. The third-order valence-corrected chi connectivity index (χ3v) is 13.8. The van der Waals surface area contributed by atoms with E-state index in [2.05, 4.69) is 141 Å². The minimum Gasteiger partial charge on any atom is -0.390 e. The lowest BCUT2D eigenvalue weighted by Crippen LogP contribution is -2.38. The van der Waals surface area contributed by atoms with Crippen LogP contribution in [0.3, 0.4) is 0 Å². The molecule has 3 unspecified atom stereocenters. The first-order valence-electron chi connectivity index (χ1n) is 28.2. The molecular formula is C64H98FN7O3. The highest BCUT2D eigenvalue weighted by atomic mass is 19.1. The largest absolute Gasteiger partial charge is 0.390 e. The van der Waals surface area contributed by atoms with Gasteiger partial charge < -0.3 is 26.0 Å². The minimum absolute atomic E-state index is 0.0883. The number of aromatic nitrogens is 2. The zero-order valence-electron chi connectivity index (χ0n) is 48.9. The standard InChI is InChI=1S/C33H39N3O2.C14H31N.C13H16FN3O.2C2H6/c1-21(25(5)36-16-14-30(19-36)28-9-7-27(8-10-28)26(6)38)18-32-24(4)34-15-13-31(32)29-11-12-33(22(2)17-29)35-23(3)20-37;1-5-9-14(10-6-2)13-15(11-7-3)12-8-4;1-8-3-4-12(13(18)16-6-8)17-10-5-11(14)9(2)15-7-10;2*1-2/h7-13,15,17-18,25,30,35,37H,3,14,16,19-20H2,1-2,4-6H3;14H,5-13H2,1-4H3;5,7,12,17H,1,3-4,6H2,2H3,(H,16,18);2*1-2H3/b21-18+;;;;. The fourth-order valence-electron chi connectivity index (χ4n) is 9.51. The molecule has 0 spiro atoms. The summed E-state index contributed by atoms with van der Waals surface area (Å²) in [5.41, 5.74) is 12.3. The van der Waals surface area contributed by atoms with E-state index < -0.39 is 0 Å². The number of amides is 1. The Kier molecular flexibility index (Phi) is 31.2. The number of aryl methyl sites for hydroxylation is 3. The first-order valence-corrected chi connectivity index (χ1v) is 28.2. The van der Waals surface area contributed by atoms with Crippen LogP contribution in [0.15, 0.2) is 97.0 Å². The van der Waals surface area contributed by atoms with Gasteiger partial charge in [-0.05, 0) is 158 Å². The zero-order valence-corrected chi connectivity index (χ0v) is 48.9. The number of nitrogens with one attached hydrogen (secondary N) is 3. The summed E-state index contributed by atoms with van der Waals surface area (Å²) >= 11 is 0. The number of ketones is 1. The normalized spacial score (nSPS) is 15.9. The van der Waals surface area contributed by atoms with E-state index in [1.807, 2.05) is 52.1 Å². The summed E-state index contributed by atoms with van der Waals surface area (Å²) < 4.78 is 13.4. The van der Waals surface area contributed by atoms with Crippen molar-refractivity contribution in [3.63, 3.8) is 0 Å². The molecule has 4 aromatic rings. The van der Waals surface area contributed by atoms with E-state index in [-0.39, 0.29) is 30.2 Å². The van der Waals surface area contributed by atoms with Gasteiger partial charge in [-0.25, -0.2) is 4.39 Å². The van der Waals surface area contributed by atoms with Crippen molar-refractivity contribution < 1.29 is 19.1 Å². The number of aliphatic hydroxyl groups excluding tert-OH is 1. The van der Waals surface area contributed by atoms with Gasteiger partial charge in [-0.2, -0.15) is 0 Å². The Morgan fingerprint density at radius 1 is 0.920 bits per heavy atom. The van der Waals surface area contributed by atoms with E-state index in [1.54, 1.807) is 13.8 Å². The zero-order chi connectivity index (χ0) is 56.0. The Morgan fingerprint density at radius 3 is 2.15 bits per heavy atom. The van der Waals surface area contributed by atoms with Gasteiger partial charge in [-0.3, -0.25) is 24.5 Å². The van der Waals surface area contributed by atoms with Crippen LogP contribution in [0.1, 0.15) is 178 Å². The number of carbonyl (C=O) groups is 2. The summed E-state index contributed by atoms with van der Waals surface area (Å²) in [4.78, 5) is 37.2. The van der Waals surface area contributed by atoms with Gasteiger partial charge in [0.25, 0.3) is 0 Å². The molecule has 0 aliphatic carbocycles. The van der Waals surface area contributed by atoms with E-state index in [9.17, 15) is 19.1 Å². The monoisotopic (exact) mass is 1030 g/mol. The summed E-state index contributed by atoms with van der Waals surface area (Å²) in [6, 6.07) is 17.8. The van der Waals surface area contributed by atoms with Crippen molar-refractivity contribution in [2.75, 3.05) is 56.5 Å². The maximum absolute atomic E-state index is 13.4. The number of Topliss-reactive ketones (excluding diaryl/α,β-unsaturated/α-hetero) is 1. The molecule has 6 rings (SSSR count). The fraction of sp³-hybridized carbons (Fsp3) is 0.531. The molecule has 2 aliphatic heterocycles. The van der Waals surface area contributed by atoms with Crippen LogP contribution in [0.5, 0.6) is 0 Å². The highest BCUT2D eigenvalue weighted by molar-refractivity contribution is 5.94. The number of carbonyl (C=O) groups excluding carboxylic acids is 2. The van der Waals surface area contributed by atoms with Crippen LogP contribution >= 0.6 is 0 Å². The van der Waals surface area contributed by atoms with Crippen molar-refractivity contribution >= 4 is 29.1 Å². The Labute approximate surface area is 454 Å². The number of halogens is 1. The summed E-state index contributed by atoms with van der Waals surface area (Å²) in [5, 5.41) is 18.3. The van der Waals surface area contributed by atoms with Crippen LogP contribution in [0.2, 0.25) is 0 Å². The number of pyridine rings is 2. The SMILES string of the molecule is C=C(CO)Nc1ccc(-c2ccnc(C)c2/C=C(\C)C(C)N2CCC(c3ccc(C(C)=O)cc3)C2)cc1C.C=C1CCC(Nc2cnc(C)c(F)c2)C(=O)NC1.CC.CC.CCCC(CCC)CN(CCC)CCC. The molecule has 2 aromatic carbocycles. The van der Waals surface area contributed by atoms with Gasteiger partial charge in [0.15, 0.2) is 5.78 Å². The second kappa shape index (κ2) is 35.7. The van der Waals surface area contributed by atoms with E-state index >= 15 is 0 Å². The van der Waals surface area contributed by atoms with Crippen molar-refractivity contribution in [1.82, 2.24) is 25.1 Å². The lowest BCUT2D eigenvalue weighted by atomic mass is 9.94. The van der Waals surface area contributed by atoms with Crippen molar-refractivity contribution in [2.45, 2.75) is 173 Å². The second-order valence-electron chi connectivity index (χ2n) is 19.7. The molecule has 4 heterocycles. The third kappa shape index (κ3) is 21.9. The van der Waals surface area contributed by atoms with Gasteiger partial charge in [0, 0.05) is 66.1 Å². The maximum atomic E-state index is 13.4. The molecule has 10 nitrogen and oxygen atoms in total. The van der Waals surface area contributed by atoms with E-state index in [4.69, 9.17) is 0 Å². The molecule has 1 amide bonds. The molecule has 0 bridgehead atoms. The van der Waals surface area contributed by atoms with Gasteiger partial charge in [0.05, 0.1) is 24.2 Å². The Bertz CT molecular complexity index is 2350. The number of benzene rings is 2.